The largest absolute Gasteiger partial charge is 1.00 e. The molecule has 0 aliphatic heterocycles. The zero-order valence-corrected chi connectivity index (χ0v) is 15.3. The lowest BCUT2D eigenvalue weighted by Gasteiger charge is -2.02. The van der Waals surface area contributed by atoms with Crippen molar-refractivity contribution in [1.29, 1.82) is 0 Å². The Hall–Kier alpha value is -1.24. The number of hydrogen-bond donors (Lipinski definition) is 1. The van der Waals surface area contributed by atoms with Crippen molar-refractivity contribution in [3.8, 4) is 21.7 Å². The van der Waals surface area contributed by atoms with Gasteiger partial charge >= 0.3 is 0 Å². The van der Waals surface area contributed by atoms with Gasteiger partial charge in [-0.1, -0.05) is 59.9 Å². The van der Waals surface area contributed by atoms with Crippen molar-refractivity contribution in [2.24, 2.45) is 0 Å². The Kier molecular flexibility index (Phi) is 6.11. The van der Waals surface area contributed by atoms with Crippen molar-refractivity contribution in [3.63, 3.8) is 0 Å². The van der Waals surface area contributed by atoms with Crippen LogP contribution in [0.25, 0.3) is 21.7 Å². The van der Waals surface area contributed by atoms with Gasteiger partial charge in [-0.15, -0.1) is 0 Å². The lowest BCUT2D eigenvalue weighted by atomic mass is 10.1. The quantitative estimate of drug-likeness (QED) is 0.485. The van der Waals surface area contributed by atoms with Crippen molar-refractivity contribution in [2.75, 3.05) is 6.61 Å². The van der Waals surface area contributed by atoms with Crippen LogP contribution >= 0.6 is 11.3 Å². The van der Waals surface area contributed by atoms with Gasteiger partial charge in [-0.2, -0.15) is 4.57 Å². The number of halogens is 1. The molecule has 0 amide bonds. The summed E-state index contributed by atoms with van der Waals surface area (Å²) >= 11 is 1.78. The van der Waals surface area contributed by atoms with Gasteiger partial charge in [-0.05, 0) is 17.7 Å². The van der Waals surface area contributed by atoms with Crippen LogP contribution in [-0.4, -0.2) is 11.7 Å². The summed E-state index contributed by atoms with van der Waals surface area (Å²) in [5.41, 5.74) is 3.61. The highest BCUT2D eigenvalue weighted by atomic mass is 127. The maximum atomic E-state index is 9.38. The molecule has 1 N–H and O–H groups in total. The molecule has 2 nitrogen and oxygen atoms in total. The van der Waals surface area contributed by atoms with Crippen LogP contribution in [0.1, 0.15) is 5.01 Å². The molecule has 3 aromatic rings. The highest BCUT2D eigenvalue weighted by Gasteiger charge is 2.25. The number of aromatic nitrogens is 1. The molecule has 0 bridgehead atoms. The summed E-state index contributed by atoms with van der Waals surface area (Å²) in [6.07, 6.45) is 0. The van der Waals surface area contributed by atoms with E-state index in [0.29, 0.717) is 6.54 Å². The van der Waals surface area contributed by atoms with E-state index in [1.54, 1.807) is 11.3 Å². The molecular weight excluding hydrogens is 405 g/mol. The number of thiazole rings is 1. The lowest BCUT2D eigenvalue weighted by Crippen LogP contribution is -3.00. The average Bonchev–Trinajstić information content (AvgIpc) is 2.86. The second-order valence-corrected chi connectivity index (χ2v) is 6.11. The van der Waals surface area contributed by atoms with Crippen molar-refractivity contribution in [2.45, 2.75) is 13.5 Å². The van der Waals surface area contributed by atoms with Crippen molar-refractivity contribution in [1.82, 2.24) is 0 Å². The molecule has 3 rings (SSSR count). The Morgan fingerprint density at radius 3 is 2.00 bits per heavy atom. The van der Waals surface area contributed by atoms with E-state index >= 15 is 0 Å². The Balaban J connectivity index is 0.00000176. The minimum atomic E-state index is 0. The van der Waals surface area contributed by atoms with Gasteiger partial charge in [-0.3, -0.25) is 0 Å². The molecule has 0 aliphatic carbocycles. The van der Waals surface area contributed by atoms with E-state index in [1.807, 2.05) is 12.1 Å². The molecule has 0 aliphatic rings. The van der Waals surface area contributed by atoms with Crippen LogP contribution in [0.5, 0.6) is 0 Å². The maximum Gasteiger partial charge on any atom is 0.235 e. The predicted molar refractivity (Wildman–Crippen MR) is 87.2 cm³/mol. The highest BCUT2D eigenvalue weighted by molar-refractivity contribution is 7.15. The molecule has 0 atom stereocenters. The summed E-state index contributed by atoms with van der Waals surface area (Å²) in [4.78, 5) is 1.26. The molecular formula is C18H18INOS. The van der Waals surface area contributed by atoms with E-state index in [2.05, 4.69) is 60.0 Å². The van der Waals surface area contributed by atoms with Gasteiger partial charge in [0.1, 0.15) is 11.5 Å². The van der Waals surface area contributed by atoms with E-state index in [4.69, 9.17) is 0 Å². The normalized spacial score (nSPS) is 10.3. The predicted octanol–water partition coefficient (Wildman–Crippen LogP) is 0.674. The number of aryl methyl sites for hydroxylation is 1. The summed E-state index contributed by atoms with van der Waals surface area (Å²) in [5.74, 6) is 0. The van der Waals surface area contributed by atoms with E-state index < -0.39 is 0 Å². The van der Waals surface area contributed by atoms with Gasteiger partial charge in [0.25, 0.3) is 0 Å². The lowest BCUT2D eigenvalue weighted by molar-refractivity contribution is -0.688. The third-order valence-corrected chi connectivity index (χ3v) is 4.67. The first-order valence-corrected chi connectivity index (χ1v) is 7.88. The fraction of sp³-hybridized carbons (Fsp3) is 0.167. The van der Waals surface area contributed by atoms with Gasteiger partial charge in [0.05, 0.1) is 0 Å². The van der Waals surface area contributed by atoms with Gasteiger partial charge in [0.15, 0.2) is 6.54 Å². The first kappa shape index (κ1) is 17.1. The highest BCUT2D eigenvalue weighted by Crippen LogP contribution is 2.35. The second-order valence-electron chi connectivity index (χ2n) is 4.91. The smallest absolute Gasteiger partial charge is 0.235 e. The molecule has 4 heteroatoms. The number of hydrogen-bond acceptors (Lipinski definition) is 2. The maximum absolute atomic E-state index is 9.38. The van der Waals surface area contributed by atoms with Gasteiger partial charge < -0.3 is 29.1 Å². The zero-order chi connectivity index (χ0) is 14.7. The van der Waals surface area contributed by atoms with E-state index in [9.17, 15) is 5.11 Å². The Bertz CT molecular complexity index is 726. The molecule has 0 spiro atoms. The third-order valence-electron chi connectivity index (χ3n) is 3.52. The van der Waals surface area contributed by atoms with Crippen LogP contribution in [0, 0.1) is 6.92 Å². The molecule has 0 fully saturated rings. The number of rotatable bonds is 4. The molecule has 0 saturated heterocycles. The minimum absolute atomic E-state index is 0. The summed E-state index contributed by atoms with van der Waals surface area (Å²) in [6, 6.07) is 20.8. The minimum Gasteiger partial charge on any atom is -1.00 e. The van der Waals surface area contributed by atoms with Crippen LogP contribution in [0.2, 0.25) is 0 Å². The average molecular weight is 423 g/mol. The molecule has 2 aromatic carbocycles. The first-order chi connectivity index (χ1) is 10.3. The van der Waals surface area contributed by atoms with Gasteiger partial charge in [0, 0.05) is 12.5 Å². The number of aliphatic hydroxyl groups excluding tert-OH is 1. The molecule has 1 aromatic heterocycles. The van der Waals surface area contributed by atoms with Crippen LogP contribution in [0.4, 0.5) is 0 Å². The Morgan fingerprint density at radius 2 is 1.45 bits per heavy atom. The molecule has 22 heavy (non-hydrogen) atoms. The van der Waals surface area contributed by atoms with Crippen molar-refractivity contribution >= 4 is 11.3 Å². The fourth-order valence-corrected chi connectivity index (χ4v) is 3.74. The van der Waals surface area contributed by atoms with Crippen LogP contribution in [0.3, 0.4) is 0 Å². The van der Waals surface area contributed by atoms with Crippen LogP contribution < -0.4 is 28.5 Å². The summed E-state index contributed by atoms with van der Waals surface area (Å²) in [7, 11) is 0. The SMILES string of the molecule is Cc1sc(-c2ccccc2)c(-c2ccccc2)[n+]1CCO.[I-]. The molecule has 0 radical (unpaired) electrons. The van der Waals surface area contributed by atoms with E-state index in [-0.39, 0.29) is 30.6 Å². The fourth-order valence-electron chi connectivity index (χ4n) is 2.57. The Labute approximate surface area is 152 Å². The zero-order valence-electron chi connectivity index (χ0n) is 12.4. The molecule has 0 saturated carbocycles. The number of nitrogens with zero attached hydrogens (tertiary/aromatic N) is 1. The summed E-state index contributed by atoms with van der Waals surface area (Å²) in [6.45, 7) is 2.88. The van der Waals surface area contributed by atoms with Crippen LogP contribution in [-0.2, 0) is 6.54 Å². The third kappa shape index (κ3) is 3.39. The van der Waals surface area contributed by atoms with Gasteiger partial charge in [0.2, 0.25) is 10.7 Å². The summed E-state index contributed by atoms with van der Waals surface area (Å²) in [5, 5.41) is 10.6. The first-order valence-electron chi connectivity index (χ1n) is 7.06. The van der Waals surface area contributed by atoms with Crippen LogP contribution in [0.15, 0.2) is 60.7 Å². The molecule has 114 valence electrons. The summed E-state index contributed by atoms with van der Waals surface area (Å²) < 4.78 is 2.21. The topological polar surface area (TPSA) is 24.1 Å². The monoisotopic (exact) mass is 423 g/mol. The second kappa shape index (κ2) is 7.85. The Morgan fingerprint density at radius 1 is 0.909 bits per heavy atom. The number of aliphatic hydroxyl groups is 1. The standard InChI is InChI=1S/C18H18NOS.HI/c1-14-19(12-13-20)17(15-8-4-2-5-9-15)18(21-14)16-10-6-3-7-11-16;/h2-11,20H,12-13H2,1H3;1H/q+1;/p-1. The van der Waals surface area contributed by atoms with Crippen molar-refractivity contribution in [3.05, 3.63) is 65.7 Å². The number of benzene rings is 2. The van der Waals surface area contributed by atoms with E-state index in [1.165, 1.54) is 26.7 Å². The molecule has 0 unspecified atom stereocenters. The molecule has 1 heterocycles. The van der Waals surface area contributed by atoms with Gasteiger partial charge in [-0.25, -0.2) is 0 Å². The van der Waals surface area contributed by atoms with Crippen molar-refractivity contribution < 1.29 is 33.7 Å². The van der Waals surface area contributed by atoms with E-state index in [0.717, 1.165) is 0 Å².